The third kappa shape index (κ3) is 5.26. The van der Waals surface area contributed by atoms with E-state index in [9.17, 15) is 9.59 Å². The van der Waals surface area contributed by atoms with Crippen molar-refractivity contribution in [3.8, 4) is 5.75 Å². The highest BCUT2D eigenvalue weighted by Gasteiger charge is 2.20. The molecule has 7 nitrogen and oxygen atoms in total. The molecule has 1 amide bonds. The van der Waals surface area contributed by atoms with E-state index >= 15 is 0 Å². The second-order valence-corrected chi connectivity index (χ2v) is 8.20. The highest BCUT2D eigenvalue weighted by atomic mass is 32.2. The fraction of sp³-hybridized carbons (Fsp3) is 0.348. The molecule has 3 aromatic rings. The molecule has 0 spiro atoms. The molecule has 2 heterocycles. The highest BCUT2D eigenvalue weighted by molar-refractivity contribution is 7.99. The maximum atomic E-state index is 13.1. The fourth-order valence-electron chi connectivity index (χ4n) is 3.54. The lowest BCUT2D eigenvalue weighted by molar-refractivity contribution is -0.113. The first-order valence-electron chi connectivity index (χ1n) is 10.4. The number of carbonyl (C=O) groups excluding carboxylic acids is 1. The van der Waals surface area contributed by atoms with Crippen LogP contribution < -0.4 is 15.6 Å². The molecule has 0 aliphatic carbocycles. The largest absolute Gasteiger partial charge is 0.494 e. The van der Waals surface area contributed by atoms with Crippen molar-refractivity contribution < 1.29 is 14.3 Å². The van der Waals surface area contributed by atoms with Crippen molar-refractivity contribution >= 4 is 34.3 Å². The Morgan fingerprint density at radius 3 is 2.81 bits per heavy atom. The summed E-state index contributed by atoms with van der Waals surface area (Å²) in [4.78, 5) is 30.3. The van der Waals surface area contributed by atoms with Crippen molar-refractivity contribution in [2.24, 2.45) is 0 Å². The summed E-state index contributed by atoms with van der Waals surface area (Å²) in [5.74, 6) is 0.734. The van der Waals surface area contributed by atoms with Crippen molar-refractivity contribution in [3.63, 3.8) is 0 Å². The zero-order valence-corrected chi connectivity index (χ0v) is 18.2. The number of fused-ring (bicyclic) bond motifs is 1. The van der Waals surface area contributed by atoms with E-state index in [1.165, 1.54) is 11.8 Å². The van der Waals surface area contributed by atoms with Gasteiger partial charge in [-0.2, -0.15) is 0 Å². The van der Waals surface area contributed by atoms with Gasteiger partial charge in [-0.1, -0.05) is 23.9 Å². The first-order valence-corrected chi connectivity index (χ1v) is 11.4. The second-order valence-electron chi connectivity index (χ2n) is 7.26. The number of amides is 1. The number of aromatic nitrogens is 2. The van der Waals surface area contributed by atoms with E-state index in [0.29, 0.717) is 41.5 Å². The molecule has 0 bridgehead atoms. The maximum Gasteiger partial charge on any atom is 0.262 e. The average Bonchev–Trinajstić information content (AvgIpc) is 3.29. The molecule has 0 saturated carbocycles. The Bertz CT molecular complexity index is 1110. The number of rotatable bonds is 8. The van der Waals surface area contributed by atoms with Crippen LogP contribution in [0.15, 0.2) is 58.5 Å². The molecule has 0 radical (unpaired) electrons. The summed E-state index contributed by atoms with van der Waals surface area (Å²) in [5, 5.41) is 3.97. The third-order valence-corrected chi connectivity index (χ3v) is 5.99. The first-order chi connectivity index (χ1) is 15.1. The van der Waals surface area contributed by atoms with Crippen LogP contribution in [0.1, 0.15) is 19.8 Å². The minimum Gasteiger partial charge on any atom is -0.494 e. The number of benzene rings is 2. The molecule has 1 saturated heterocycles. The molecule has 31 heavy (non-hydrogen) atoms. The van der Waals surface area contributed by atoms with Gasteiger partial charge in [0, 0.05) is 12.3 Å². The number of nitrogens with zero attached hydrogens (tertiary/aromatic N) is 2. The van der Waals surface area contributed by atoms with Gasteiger partial charge in [-0.15, -0.1) is 0 Å². The minimum absolute atomic E-state index is 0.00214. The predicted molar refractivity (Wildman–Crippen MR) is 122 cm³/mol. The number of hydrogen-bond donors (Lipinski definition) is 1. The summed E-state index contributed by atoms with van der Waals surface area (Å²) < 4.78 is 12.8. The van der Waals surface area contributed by atoms with Crippen molar-refractivity contribution in [3.05, 3.63) is 58.9 Å². The van der Waals surface area contributed by atoms with Crippen molar-refractivity contribution in [1.82, 2.24) is 9.55 Å². The Hall–Kier alpha value is -2.84. The number of nitrogens with one attached hydrogen (secondary N) is 1. The molecule has 1 aliphatic rings. The number of anilines is 1. The third-order valence-electron chi connectivity index (χ3n) is 5.02. The molecule has 1 N–H and O–H groups in total. The first kappa shape index (κ1) is 21.4. The summed E-state index contributed by atoms with van der Waals surface area (Å²) in [6.45, 7) is 3.67. The van der Waals surface area contributed by atoms with Crippen LogP contribution in [0, 0.1) is 0 Å². The van der Waals surface area contributed by atoms with Crippen LogP contribution in [-0.4, -0.2) is 40.5 Å². The maximum absolute atomic E-state index is 13.1. The topological polar surface area (TPSA) is 82.5 Å². The smallest absolute Gasteiger partial charge is 0.262 e. The molecule has 4 rings (SSSR count). The lowest BCUT2D eigenvalue weighted by atomic mass is 10.2. The van der Waals surface area contributed by atoms with Crippen LogP contribution in [-0.2, 0) is 16.1 Å². The fourth-order valence-corrected chi connectivity index (χ4v) is 4.35. The quantitative estimate of drug-likeness (QED) is 0.426. The van der Waals surface area contributed by atoms with Gasteiger partial charge in [0.2, 0.25) is 5.91 Å². The molecule has 1 fully saturated rings. The van der Waals surface area contributed by atoms with Gasteiger partial charge in [0.25, 0.3) is 5.56 Å². The Labute approximate surface area is 184 Å². The summed E-state index contributed by atoms with van der Waals surface area (Å²) in [6, 6.07) is 14.5. The van der Waals surface area contributed by atoms with E-state index in [-0.39, 0.29) is 23.3 Å². The van der Waals surface area contributed by atoms with Gasteiger partial charge in [-0.3, -0.25) is 14.2 Å². The number of carbonyl (C=O) groups is 1. The van der Waals surface area contributed by atoms with E-state index in [2.05, 4.69) is 10.3 Å². The van der Waals surface area contributed by atoms with Crippen molar-refractivity contribution in [1.29, 1.82) is 0 Å². The molecule has 162 valence electrons. The molecule has 0 unspecified atom stereocenters. The van der Waals surface area contributed by atoms with E-state index in [1.54, 1.807) is 22.8 Å². The highest BCUT2D eigenvalue weighted by Crippen LogP contribution is 2.22. The molecule has 1 atom stereocenters. The standard InChI is InChI=1S/C23H25N3O4S/c1-2-29-17-11-9-16(10-12-17)24-21(27)15-31-23-25-20-8-4-3-7-19(20)22(28)26(23)14-18-6-5-13-30-18/h3-4,7-12,18H,2,5-6,13-15H2,1H3,(H,24,27)/t18-/m0/s1. The summed E-state index contributed by atoms with van der Waals surface area (Å²) in [6.07, 6.45) is 1.91. The van der Waals surface area contributed by atoms with E-state index in [0.717, 1.165) is 18.6 Å². The minimum atomic E-state index is -0.166. The number of para-hydroxylation sites is 1. The Morgan fingerprint density at radius 1 is 1.26 bits per heavy atom. The van der Waals surface area contributed by atoms with Crippen LogP contribution >= 0.6 is 11.8 Å². The lowest BCUT2D eigenvalue weighted by Gasteiger charge is -2.16. The Balaban J connectivity index is 1.49. The summed E-state index contributed by atoms with van der Waals surface area (Å²) in [5.41, 5.74) is 1.22. The van der Waals surface area contributed by atoms with Gasteiger partial charge in [0.15, 0.2) is 5.16 Å². The van der Waals surface area contributed by atoms with Gasteiger partial charge in [-0.25, -0.2) is 4.98 Å². The van der Waals surface area contributed by atoms with E-state index < -0.39 is 0 Å². The number of thioether (sulfide) groups is 1. The zero-order chi connectivity index (χ0) is 21.6. The van der Waals surface area contributed by atoms with Crippen LogP contribution in [0.2, 0.25) is 0 Å². The summed E-state index contributed by atoms with van der Waals surface area (Å²) in [7, 11) is 0. The van der Waals surface area contributed by atoms with Gasteiger partial charge in [0.05, 0.1) is 35.9 Å². The predicted octanol–water partition coefficient (Wildman–Crippen LogP) is 3.71. The van der Waals surface area contributed by atoms with Crippen LogP contribution in [0.25, 0.3) is 10.9 Å². The van der Waals surface area contributed by atoms with Crippen LogP contribution in [0.4, 0.5) is 5.69 Å². The van der Waals surface area contributed by atoms with Gasteiger partial charge >= 0.3 is 0 Å². The molecule has 2 aromatic carbocycles. The molecule has 8 heteroatoms. The SMILES string of the molecule is CCOc1ccc(NC(=O)CSc2nc3ccccc3c(=O)n2C[C@@H]2CCCO2)cc1. The molecule has 1 aliphatic heterocycles. The average molecular weight is 440 g/mol. The normalized spacial score (nSPS) is 15.8. The van der Waals surface area contributed by atoms with Crippen molar-refractivity contribution in [2.45, 2.75) is 37.6 Å². The molecular weight excluding hydrogens is 414 g/mol. The van der Waals surface area contributed by atoms with Gasteiger partial charge < -0.3 is 14.8 Å². The van der Waals surface area contributed by atoms with E-state index in [1.807, 2.05) is 37.3 Å². The molecular formula is C23H25N3O4S. The number of ether oxygens (including phenoxy) is 2. The lowest BCUT2D eigenvalue weighted by Crippen LogP contribution is -2.29. The van der Waals surface area contributed by atoms with Gasteiger partial charge in [0.1, 0.15) is 5.75 Å². The van der Waals surface area contributed by atoms with Crippen LogP contribution in [0.3, 0.4) is 0 Å². The van der Waals surface area contributed by atoms with E-state index in [4.69, 9.17) is 9.47 Å². The number of hydrogen-bond acceptors (Lipinski definition) is 6. The Morgan fingerprint density at radius 2 is 2.06 bits per heavy atom. The van der Waals surface area contributed by atoms with Crippen molar-refractivity contribution in [2.75, 3.05) is 24.3 Å². The monoisotopic (exact) mass is 439 g/mol. The Kier molecular flexibility index (Phi) is 6.89. The second kappa shape index (κ2) is 9.98. The van der Waals surface area contributed by atoms with Gasteiger partial charge in [-0.05, 0) is 56.2 Å². The zero-order valence-electron chi connectivity index (χ0n) is 17.4. The molecule has 1 aromatic heterocycles. The van der Waals surface area contributed by atoms with Crippen LogP contribution in [0.5, 0.6) is 5.75 Å². The summed E-state index contributed by atoms with van der Waals surface area (Å²) >= 11 is 1.26.